The molecule has 0 saturated heterocycles. The molecular formula is C17H12O5. The Morgan fingerprint density at radius 1 is 0.773 bits per heavy atom. The SMILES string of the molecule is COc1ccc2c(c1)oc1c(=O)c3cc(OC)ccc3oc12. The fourth-order valence-corrected chi connectivity index (χ4v) is 2.57. The molecule has 0 aliphatic carbocycles. The van der Waals surface area contributed by atoms with Crippen LogP contribution in [0.4, 0.5) is 0 Å². The van der Waals surface area contributed by atoms with E-state index in [2.05, 4.69) is 0 Å². The third-order valence-electron chi connectivity index (χ3n) is 3.70. The van der Waals surface area contributed by atoms with E-state index < -0.39 is 0 Å². The molecule has 0 unspecified atom stereocenters. The van der Waals surface area contributed by atoms with Crippen LogP contribution < -0.4 is 14.9 Å². The Morgan fingerprint density at radius 3 is 2.23 bits per heavy atom. The summed E-state index contributed by atoms with van der Waals surface area (Å²) in [6, 6.07) is 10.5. The zero-order valence-electron chi connectivity index (χ0n) is 12.0. The van der Waals surface area contributed by atoms with Gasteiger partial charge in [-0.05, 0) is 30.3 Å². The number of ether oxygens (including phenoxy) is 2. The van der Waals surface area contributed by atoms with E-state index in [4.69, 9.17) is 18.3 Å². The molecule has 2 aromatic carbocycles. The van der Waals surface area contributed by atoms with E-state index in [9.17, 15) is 4.79 Å². The summed E-state index contributed by atoms with van der Waals surface area (Å²) in [6.07, 6.45) is 0. The van der Waals surface area contributed by atoms with Gasteiger partial charge in [0.1, 0.15) is 22.7 Å². The Morgan fingerprint density at radius 2 is 1.45 bits per heavy atom. The van der Waals surface area contributed by atoms with Crippen LogP contribution in [-0.4, -0.2) is 14.2 Å². The summed E-state index contributed by atoms with van der Waals surface area (Å²) in [4.78, 5) is 12.6. The molecule has 0 radical (unpaired) electrons. The molecule has 0 bridgehead atoms. The topological polar surface area (TPSA) is 61.8 Å². The summed E-state index contributed by atoms with van der Waals surface area (Å²) in [5.74, 6) is 1.25. The van der Waals surface area contributed by atoms with Crippen LogP contribution in [0.5, 0.6) is 11.5 Å². The van der Waals surface area contributed by atoms with Gasteiger partial charge in [-0.3, -0.25) is 4.79 Å². The lowest BCUT2D eigenvalue weighted by Crippen LogP contribution is -2.00. The van der Waals surface area contributed by atoms with Gasteiger partial charge in [-0.2, -0.15) is 0 Å². The van der Waals surface area contributed by atoms with Crippen LogP contribution >= 0.6 is 0 Å². The molecule has 5 heteroatoms. The zero-order valence-corrected chi connectivity index (χ0v) is 12.0. The normalized spacial score (nSPS) is 11.4. The van der Waals surface area contributed by atoms with Gasteiger partial charge in [-0.25, -0.2) is 0 Å². The van der Waals surface area contributed by atoms with Crippen LogP contribution in [0.1, 0.15) is 0 Å². The van der Waals surface area contributed by atoms with Crippen LogP contribution in [0.15, 0.2) is 50.0 Å². The fraction of sp³-hybridized carbons (Fsp3) is 0.118. The minimum atomic E-state index is -0.217. The Bertz CT molecular complexity index is 1070. The average molecular weight is 296 g/mol. The van der Waals surface area contributed by atoms with Crippen molar-refractivity contribution in [1.82, 2.24) is 0 Å². The number of hydrogen-bond acceptors (Lipinski definition) is 5. The summed E-state index contributed by atoms with van der Waals surface area (Å²) in [5.41, 5.74) is 1.48. The van der Waals surface area contributed by atoms with Gasteiger partial charge in [-0.1, -0.05) is 0 Å². The first-order chi connectivity index (χ1) is 10.7. The number of methoxy groups -OCH3 is 2. The van der Waals surface area contributed by atoms with E-state index in [0.717, 1.165) is 5.39 Å². The minimum absolute atomic E-state index is 0.198. The van der Waals surface area contributed by atoms with Crippen molar-refractivity contribution in [3.63, 3.8) is 0 Å². The van der Waals surface area contributed by atoms with Crippen LogP contribution in [0.2, 0.25) is 0 Å². The first kappa shape index (κ1) is 12.8. The number of fused-ring (bicyclic) bond motifs is 4. The molecule has 0 N–H and O–H groups in total. The van der Waals surface area contributed by atoms with E-state index >= 15 is 0 Å². The van der Waals surface area contributed by atoms with Gasteiger partial charge in [0.15, 0.2) is 5.58 Å². The Balaban J connectivity index is 2.15. The van der Waals surface area contributed by atoms with Crippen molar-refractivity contribution in [1.29, 1.82) is 0 Å². The van der Waals surface area contributed by atoms with E-state index in [1.165, 1.54) is 0 Å². The first-order valence-electron chi connectivity index (χ1n) is 6.72. The third-order valence-corrected chi connectivity index (χ3v) is 3.70. The summed E-state index contributed by atoms with van der Waals surface area (Å²) >= 11 is 0. The number of benzene rings is 2. The molecule has 22 heavy (non-hydrogen) atoms. The highest BCUT2D eigenvalue weighted by molar-refractivity contribution is 6.04. The molecule has 0 aliphatic rings. The van der Waals surface area contributed by atoms with E-state index in [-0.39, 0.29) is 11.0 Å². The van der Waals surface area contributed by atoms with Gasteiger partial charge in [0.2, 0.25) is 11.0 Å². The molecule has 2 aromatic heterocycles. The molecule has 0 aliphatic heterocycles. The van der Waals surface area contributed by atoms with Crippen molar-refractivity contribution in [2.45, 2.75) is 0 Å². The predicted molar refractivity (Wildman–Crippen MR) is 82.9 cm³/mol. The van der Waals surface area contributed by atoms with Crippen molar-refractivity contribution in [3.8, 4) is 11.5 Å². The quantitative estimate of drug-likeness (QED) is 0.564. The smallest absolute Gasteiger partial charge is 0.236 e. The van der Waals surface area contributed by atoms with Crippen molar-refractivity contribution < 1.29 is 18.3 Å². The maximum atomic E-state index is 12.6. The van der Waals surface area contributed by atoms with Crippen LogP contribution in [0.25, 0.3) is 33.1 Å². The highest BCUT2D eigenvalue weighted by Gasteiger charge is 2.16. The van der Waals surface area contributed by atoms with Crippen LogP contribution in [0, 0.1) is 0 Å². The minimum Gasteiger partial charge on any atom is -0.497 e. The monoisotopic (exact) mass is 296 g/mol. The lowest BCUT2D eigenvalue weighted by molar-refractivity contribution is 0.414. The summed E-state index contributed by atoms with van der Waals surface area (Å²) in [6.45, 7) is 0. The summed E-state index contributed by atoms with van der Waals surface area (Å²) in [7, 11) is 3.13. The molecule has 0 saturated carbocycles. The standard InChI is InChI=1S/C17H12O5/c1-19-9-4-6-13-12(7-9)15(18)17-16(21-13)11-5-3-10(20-2)8-14(11)22-17/h3-8H,1-2H3. The molecule has 2 heterocycles. The van der Waals surface area contributed by atoms with Gasteiger partial charge < -0.3 is 18.3 Å². The lowest BCUT2D eigenvalue weighted by Gasteiger charge is -2.01. The number of hydrogen-bond donors (Lipinski definition) is 0. The second kappa shape index (κ2) is 4.53. The zero-order chi connectivity index (χ0) is 15.3. The third kappa shape index (κ3) is 1.69. The molecular weight excluding hydrogens is 284 g/mol. The van der Waals surface area contributed by atoms with Crippen molar-refractivity contribution in [2.75, 3.05) is 14.2 Å². The average Bonchev–Trinajstić information content (AvgIpc) is 2.92. The summed E-state index contributed by atoms with van der Waals surface area (Å²) < 4.78 is 21.9. The van der Waals surface area contributed by atoms with Gasteiger partial charge in [-0.15, -0.1) is 0 Å². The number of rotatable bonds is 2. The Hall–Kier alpha value is -2.95. The number of furan rings is 1. The van der Waals surface area contributed by atoms with Crippen LogP contribution in [0.3, 0.4) is 0 Å². The second-order valence-electron chi connectivity index (χ2n) is 4.92. The van der Waals surface area contributed by atoms with Gasteiger partial charge >= 0.3 is 0 Å². The van der Waals surface area contributed by atoms with Crippen molar-refractivity contribution in [3.05, 3.63) is 46.6 Å². The molecule has 0 spiro atoms. The molecule has 0 fully saturated rings. The molecule has 0 amide bonds. The van der Waals surface area contributed by atoms with Gasteiger partial charge in [0.05, 0.1) is 25.0 Å². The molecule has 0 atom stereocenters. The molecule has 4 rings (SSSR count). The first-order valence-corrected chi connectivity index (χ1v) is 6.72. The fourth-order valence-electron chi connectivity index (χ4n) is 2.57. The Labute approximate surface area is 124 Å². The maximum absolute atomic E-state index is 12.6. The van der Waals surface area contributed by atoms with Crippen LogP contribution in [-0.2, 0) is 0 Å². The van der Waals surface area contributed by atoms with Gasteiger partial charge in [0.25, 0.3) is 0 Å². The van der Waals surface area contributed by atoms with E-state index in [1.54, 1.807) is 44.6 Å². The molecule has 110 valence electrons. The molecule has 5 nitrogen and oxygen atoms in total. The largest absolute Gasteiger partial charge is 0.497 e. The maximum Gasteiger partial charge on any atom is 0.236 e. The van der Waals surface area contributed by atoms with E-state index in [1.807, 2.05) is 6.07 Å². The van der Waals surface area contributed by atoms with Crippen molar-refractivity contribution >= 4 is 33.1 Å². The molecule has 4 aromatic rings. The summed E-state index contributed by atoms with van der Waals surface area (Å²) in [5, 5.41) is 1.17. The predicted octanol–water partition coefficient (Wildman–Crippen LogP) is 3.71. The van der Waals surface area contributed by atoms with E-state index in [0.29, 0.717) is 33.6 Å². The lowest BCUT2D eigenvalue weighted by atomic mass is 10.2. The highest BCUT2D eigenvalue weighted by Crippen LogP contribution is 2.32. The Kier molecular flexibility index (Phi) is 2.63. The van der Waals surface area contributed by atoms with Crippen molar-refractivity contribution in [2.24, 2.45) is 0 Å². The second-order valence-corrected chi connectivity index (χ2v) is 4.92. The van der Waals surface area contributed by atoms with Gasteiger partial charge in [0, 0.05) is 6.07 Å². The highest BCUT2D eigenvalue weighted by atomic mass is 16.5.